The van der Waals surface area contributed by atoms with Crippen molar-refractivity contribution in [3.05, 3.63) is 48.6 Å². The van der Waals surface area contributed by atoms with Gasteiger partial charge in [-0.3, -0.25) is 9.59 Å². The van der Waals surface area contributed by atoms with Gasteiger partial charge >= 0.3 is 0 Å². The molecule has 0 N–H and O–H groups in total. The van der Waals surface area contributed by atoms with Crippen LogP contribution in [-0.2, 0) is 9.59 Å². The molecule has 0 heterocycles. The summed E-state index contributed by atoms with van der Waals surface area (Å²) in [5.41, 5.74) is 1.28. The monoisotopic (exact) mass is 422 g/mol. The Morgan fingerprint density at radius 1 is 0.778 bits per heavy atom. The number of carbonyl (C=O) groups excluding carboxylic acids is 2. The summed E-state index contributed by atoms with van der Waals surface area (Å²) in [5.74, 6) is 0. The standard InChI is InChI=1S/C22H30O2S3/c1-15(2)21(23)26-19-9-5-7-17(11-13-19)25-18-8-6-10-20(14-12-18)27-22(24)16(3)4/h5-8,17-20H,1,3,9-14H2,2,4H3. The van der Waals surface area contributed by atoms with Crippen molar-refractivity contribution in [2.24, 2.45) is 0 Å². The van der Waals surface area contributed by atoms with E-state index in [0.29, 0.717) is 32.1 Å². The zero-order valence-electron chi connectivity index (χ0n) is 16.3. The van der Waals surface area contributed by atoms with Crippen molar-refractivity contribution in [1.29, 1.82) is 0 Å². The second kappa shape index (κ2) is 11.4. The Bertz CT molecular complexity index is 581. The molecule has 2 rings (SSSR count). The van der Waals surface area contributed by atoms with Crippen LogP contribution in [-0.4, -0.2) is 31.2 Å². The van der Waals surface area contributed by atoms with Gasteiger partial charge in [0.15, 0.2) is 0 Å². The Morgan fingerprint density at radius 3 is 1.56 bits per heavy atom. The molecule has 0 fully saturated rings. The summed E-state index contributed by atoms with van der Waals surface area (Å²) in [6.07, 6.45) is 15.4. The average molecular weight is 423 g/mol. The van der Waals surface area contributed by atoms with Gasteiger partial charge in [0.05, 0.1) is 0 Å². The van der Waals surface area contributed by atoms with Crippen LogP contribution < -0.4 is 0 Å². The Balaban J connectivity index is 1.79. The Kier molecular flexibility index (Phi) is 9.54. The molecule has 0 aromatic heterocycles. The SMILES string of the molecule is C=C(C)C(=O)SC1CC=CC(SC2C=CCC(SC(=O)C(=C)C)CC2)CC1. The second-order valence-corrected chi connectivity index (χ2v) is 11.3. The minimum absolute atomic E-state index is 0.124. The Morgan fingerprint density at radius 2 is 1.19 bits per heavy atom. The lowest BCUT2D eigenvalue weighted by atomic mass is 10.2. The number of hydrogen-bond donors (Lipinski definition) is 0. The molecule has 4 unspecified atom stereocenters. The molecule has 2 nitrogen and oxygen atoms in total. The van der Waals surface area contributed by atoms with Crippen LogP contribution >= 0.6 is 35.3 Å². The first-order valence-electron chi connectivity index (χ1n) is 9.57. The maximum atomic E-state index is 11.9. The van der Waals surface area contributed by atoms with Gasteiger partial charge in [-0.1, -0.05) is 61.0 Å². The maximum Gasteiger partial charge on any atom is 0.214 e. The topological polar surface area (TPSA) is 34.1 Å². The van der Waals surface area contributed by atoms with Crippen LogP contribution in [0.15, 0.2) is 48.6 Å². The zero-order valence-corrected chi connectivity index (χ0v) is 18.8. The highest BCUT2D eigenvalue weighted by Gasteiger charge is 2.23. The van der Waals surface area contributed by atoms with E-state index in [2.05, 4.69) is 37.5 Å². The third-order valence-electron chi connectivity index (χ3n) is 4.64. The fourth-order valence-electron chi connectivity index (χ4n) is 3.06. The molecule has 0 aliphatic heterocycles. The lowest BCUT2D eigenvalue weighted by Gasteiger charge is -2.19. The van der Waals surface area contributed by atoms with Crippen molar-refractivity contribution in [3.8, 4) is 0 Å². The molecule has 0 radical (unpaired) electrons. The molecule has 0 spiro atoms. The summed E-state index contributed by atoms with van der Waals surface area (Å²) in [6.45, 7) is 11.1. The highest BCUT2D eigenvalue weighted by Crippen LogP contribution is 2.36. The van der Waals surface area contributed by atoms with Gasteiger partial charge in [0.25, 0.3) is 0 Å². The number of carbonyl (C=O) groups is 2. The summed E-state index contributed by atoms with van der Waals surface area (Å²) in [6, 6.07) is 0. The third kappa shape index (κ3) is 8.08. The van der Waals surface area contributed by atoms with Gasteiger partial charge in [0.1, 0.15) is 0 Å². The molecule has 0 amide bonds. The summed E-state index contributed by atoms with van der Waals surface area (Å²) < 4.78 is 0. The van der Waals surface area contributed by atoms with E-state index in [0.717, 1.165) is 38.5 Å². The zero-order chi connectivity index (χ0) is 19.8. The van der Waals surface area contributed by atoms with E-state index in [4.69, 9.17) is 0 Å². The van der Waals surface area contributed by atoms with Gasteiger partial charge in [-0.05, 0) is 63.5 Å². The highest BCUT2D eigenvalue weighted by molar-refractivity contribution is 8.14. The molecular formula is C22H30O2S3. The summed E-state index contributed by atoms with van der Waals surface area (Å²) in [7, 11) is 0. The van der Waals surface area contributed by atoms with Gasteiger partial charge in [-0.15, -0.1) is 11.8 Å². The van der Waals surface area contributed by atoms with Gasteiger partial charge in [-0.2, -0.15) is 0 Å². The van der Waals surface area contributed by atoms with E-state index in [-0.39, 0.29) is 10.2 Å². The third-order valence-corrected chi connectivity index (χ3v) is 8.77. The van der Waals surface area contributed by atoms with E-state index in [1.165, 1.54) is 23.5 Å². The number of rotatable bonds is 6. The van der Waals surface area contributed by atoms with Crippen LogP contribution in [0, 0.1) is 0 Å². The first-order chi connectivity index (χ1) is 12.8. The fraction of sp³-hybridized carbons (Fsp3) is 0.545. The summed E-state index contributed by atoms with van der Waals surface area (Å²) >= 11 is 4.92. The molecule has 0 saturated heterocycles. The molecular weight excluding hydrogens is 392 g/mol. The molecule has 148 valence electrons. The van der Waals surface area contributed by atoms with Crippen LogP contribution in [0.2, 0.25) is 0 Å². The molecule has 0 aromatic carbocycles. The normalized spacial score (nSPS) is 28.2. The van der Waals surface area contributed by atoms with Crippen molar-refractivity contribution in [2.75, 3.05) is 0 Å². The first-order valence-corrected chi connectivity index (χ1v) is 12.3. The molecule has 2 aliphatic carbocycles. The lowest BCUT2D eigenvalue weighted by molar-refractivity contribution is -0.108. The van der Waals surface area contributed by atoms with E-state index in [1.54, 1.807) is 13.8 Å². The lowest BCUT2D eigenvalue weighted by Crippen LogP contribution is -2.11. The van der Waals surface area contributed by atoms with Crippen LogP contribution in [0.5, 0.6) is 0 Å². The van der Waals surface area contributed by atoms with E-state index in [9.17, 15) is 9.59 Å². The van der Waals surface area contributed by atoms with E-state index in [1.807, 2.05) is 11.8 Å². The second-order valence-electron chi connectivity index (χ2n) is 7.31. The van der Waals surface area contributed by atoms with Crippen LogP contribution in [0.1, 0.15) is 52.4 Å². The van der Waals surface area contributed by atoms with Crippen LogP contribution in [0.25, 0.3) is 0 Å². The van der Waals surface area contributed by atoms with Crippen LogP contribution in [0.3, 0.4) is 0 Å². The summed E-state index contributed by atoms with van der Waals surface area (Å²) in [4.78, 5) is 23.8. The predicted octanol–water partition coefficient (Wildman–Crippen LogP) is 6.35. The highest BCUT2D eigenvalue weighted by atomic mass is 32.2. The molecule has 4 atom stereocenters. The van der Waals surface area contributed by atoms with Gasteiger partial charge in [0.2, 0.25) is 10.2 Å². The summed E-state index contributed by atoms with van der Waals surface area (Å²) in [5, 5.41) is 2.00. The molecule has 0 saturated carbocycles. The van der Waals surface area contributed by atoms with Crippen molar-refractivity contribution >= 4 is 45.5 Å². The van der Waals surface area contributed by atoms with Gasteiger partial charge in [-0.25, -0.2) is 0 Å². The largest absolute Gasteiger partial charge is 0.282 e. The molecule has 27 heavy (non-hydrogen) atoms. The van der Waals surface area contributed by atoms with Crippen molar-refractivity contribution in [3.63, 3.8) is 0 Å². The minimum Gasteiger partial charge on any atom is -0.282 e. The van der Waals surface area contributed by atoms with E-state index < -0.39 is 0 Å². The average Bonchev–Trinajstić information content (AvgIpc) is 2.96. The Labute approximate surface area is 176 Å². The predicted molar refractivity (Wildman–Crippen MR) is 124 cm³/mol. The quantitative estimate of drug-likeness (QED) is 0.368. The van der Waals surface area contributed by atoms with Gasteiger partial charge < -0.3 is 0 Å². The fourth-order valence-corrected chi connectivity index (χ4v) is 6.39. The van der Waals surface area contributed by atoms with Gasteiger partial charge in [0, 0.05) is 21.0 Å². The minimum atomic E-state index is 0.124. The first kappa shape index (κ1) is 22.6. The Hall–Kier alpha value is -0.650. The number of thioether (sulfide) groups is 3. The van der Waals surface area contributed by atoms with Crippen molar-refractivity contribution in [1.82, 2.24) is 0 Å². The molecule has 5 heteroatoms. The molecule has 0 aromatic rings. The number of hydrogen-bond acceptors (Lipinski definition) is 5. The molecule has 2 aliphatic rings. The number of allylic oxidation sites excluding steroid dienone is 2. The maximum absolute atomic E-state index is 11.9. The molecule has 0 bridgehead atoms. The van der Waals surface area contributed by atoms with Crippen molar-refractivity contribution in [2.45, 2.75) is 73.4 Å². The smallest absolute Gasteiger partial charge is 0.214 e. The van der Waals surface area contributed by atoms with Crippen molar-refractivity contribution < 1.29 is 9.59 Å². The van der Waals surface area contributed by atoms with Crippen LogP contribution in [0.4, 0.5) is 0 Å². The van der Waals surface area contributed by atoms with E-state index >= 15 is 0 Å².